The van der Waals surface area contributed by atoms with Gasteiger partial charge in [0.15, 0.2) is 0 Å². The van der Waals surface area contributed by atoms with Crippen LogP contribution in [-0.4, -0.2) is 41.2 Å². The van der Waals surface area contributed by atoms with Crippen LogP contribution in [0.5, 0.6) is 11.5 Å². The van der Waals surface area contributed by atoms with Crippen molar-refractivity contribution >= 4 is 17.6 Å². The van der Waals surface area contributed by atoms with Gasteiger partial charge < -0.3 is 14.6 Å². The number of nitrogens with zero attached hydrogens (tertiary/aromatic N) is 1. The Balaban J connectivity index is 1.21. The summed E-state index contributed by atoms with van der Waals surface area (Å²) in [4.78, 5) is 13.6. The maximum Gasteiger partial charge on any atom is 0.310 e. The van der Waals surface area contributed by atoms with E-state index in [4.69, 9.17) is 21.1 Å². The van der Waals surface area contributed by atoms with E-state index in [9.17, 15) is 9.90 Å². The lowest BCUT2D eigenvalue weighted by molar-refractivity contribution is -0.147. The summed E-state index contributed by atoms with van der Waals surface area (Å²) in [5.74, 6) is 0.985. The smallest absolute Gasteiger partial charge is 0.310 e. The van der Waals surface area contributed by atoms with Gasteiger partial charge in [0.25, 0.3) is 0 Å². The summed E-state index contributed by atoms with van der Waals surface area (Å²) in [5, 5.41) is 10.1. The van der Waals surface area contributed by atoms with Crippen LogP contribution in [0.3, 0.4) is 0 Å². The molecule has 158 valence electrons. The summed E-state index contributed by atoms with van der Waals surface area (Å²) in [5.41, 5.74) is 2.69. The minimum Gasteiger partial charge on any atom is -0.489 e. The normalized spacial score (nSPS) is 20.3. The van der Waals surface area contributed by atoms with Gasteiger partial charge in [-0.2, -0.15) is 0 Å². The summed E-state index contributed by atoms with van der Waals surface area (Å²) >= 11 is 6.37. The van der Waals surface area contributed by atoms with E-state index in [0.717, 1.165) is 60.9 Å². The van der Waals surface area contributed by atoms with Crippen LogP contribution in [0.1, 0.15) is 36.5 Å². The zero-order valence-electron chi connectivity index (χ0n) is 17.1. The van der Waals surface area contributed by atoms with Crippen molar-refractivity contribution in [1.29, 1.82) is 0 Å². The monoisotopic (exact) mass is 427 g/mol. The molecule has 5 nitrogen and oxygen atoms in total. The average Bonchev–Trinajstić information content (AvgIpc) is 3.38. The molecule has 5 rings (SSSR count). The van der Waals surface area contributed by atoms with Gasteiger partial charge in [-0.05, 0) is 42.5 Å². The van der Waals surface area contributed by atoms with Crippen LogP contribution in [-0.2, 0) is 24.2 Å². The fourth-order valence-corrected chi connectivity index (χ4v) is 5.06. The van der Waals surface area contributed by atoms with Crippen LogP contribution in [0.4, 0.5) is 0 Å². The third kappa shape index (κ3) is 3.44. The van der Waals surface area contributed by atoms with Gasteiger partial charge in [-0.15, -0.1) is 0 Å². The van der Waals surface area contributed by atoms with Gasteiger partial charge in [0.2, 0.25) is 0 Å². The molecule has 6 heteroatoms. The number of halogens is 1. The number of carbonyl (C=O) groups is 1. The number of aryl methyl sites for hydroxylation is 1. The highest BCUT2D eigenvalue weighted by Gasteiger charge is 2.56. The molecule has 2 aliphatic heterocycles. The van der Waals surface area contributed by atoms with E-state index in [-0.39, 0.29) is 5.60 Å². The quantitative estimate of drug-likeness (QED) is 0.712. The highest BCUT2D eigenvalue weighted by Crippen LogP contribution is 2.49. The Hall–Kier alpha value is -2.24. The predicted molar refractivity (Wildman–Crippen MR) is 114 cm³/mol. The highest BCUT2D eigenvalue weighted by molar-refractivity contribution is 6.31. The van der Waals surface area contributed by atoms with Crippen molar-refractivity contribution < 1.29 is 19.4 Å². The minimum atomic E-state index is -0.661. The molecule has 0 unspecified atom stereocenters. The Labute approximate surface area is 181 Å². The molecule has 0 aromatic heterocycles. The van der Waals surface area contributed by atoms with Gasteiger partial charge in [0, 0.05) is 42.7 Å². The van der Waals surface area contributed by atoms with Gasteiger partial charge in [0.1, 0.15) is 23.7 Å². The number of rotatable bonds is 7. The van der Waals surface area contributed by atoms with Crippen molar-refractivity contribution in [3.8, 4) is 11.5 Å². The second-order valence-corrected chi connectivity index (χ2v) is 9.39. The molecular weight excluding hydrogens is 402 g/mol. The van der Waals surface area contributed by atoms with Crippen molar-refractivity contribution in [1.82, 2.24) is 4.90 Å². The first-order valence-electron chi connectivity index (χ1n) is 10.6. The first-order chi connectivity index (χ1) is 14.4. The fourth-order valence-electron chi connectivity index (χ4n) is 4.81. The van der Waals surface area contributed by atoms with Crippen molar-refractivity contribution in [2.45, 2.75) is 44.8 Å². The number of ether oxygens (including phenoxy) is 2. The lowest BCUT2D eigenvalue weighted by atomic mass is 9.87. The van der Waals surface area contributed by atoms with Crippen LogP contribution in [0.25, 0.3) is 0 Å². The summed E-state index contributed by atoms with van der Waals surface area (Å²) in [6.07, 6.45) is 3.36. The van der Waals surface area contributed by atoms with Crippen molar-refractivity contribution in [2.75, 3.05) is 19.6 Å². The molecule has 0 atom stereocenters. The van der Waals surface area contributed by atoms with Crippen molar-refractivity contribution in [2.24, 2.45) is 5.41 Å². The molecular formula is C24H26ClNO4. The number of hydrogen-bond donors (Lipinski definition) is 1. The van der Waals surface area contributed by atoms with Gasteiger partial charge in [0.05, 0.1) is 5.41 Å². The Morgan fingerprint density at radius 3 is 2.77 bits per heavy atom. The number of fused-ring (bicyclic) bond motifs is 1. The molecule has 2 aromatic rings. The van der Waals surface area contributed by atoms with E-state index in [0.29, 0.717) is 13.2 Å². The highest BCUT2D eigenvalue weighted by atomic mass is 35.5. The Bertz CT molecular complexity index is 995. The molecule has 0 radical (unpaired) electrons. The number of hydrogen-bond acceptors (Lipinski definition) is 4. The second-order valence-electron chi connectivity index (χ2n) is 8.98. The van der Waals surface area contributed by atoms with E-state index < -0.39 is 11.4 Å². The lowest BCUT2D eigenvalue weighted by Crippen LogP contribution is -2.65. The zero-order chi connectivity index (χ0) is 20.9. The van der Waals surface area contributed by atoms with E-state index in [1.807, 2.05) is 24.3 Å². The van der Waals surface area contributed by atoms with Gasteiger partial charge >= 0.3 is 5.97 Å². The molecule has 0 bridgehead atoms. The van der Waals surface area contributed by atoms with Crippen molar-refractivity contribution in [3.63, 3.8) is 0 Å². The molecule has 0 amide bonds. The number of likely N-dealkylation sites (tertiary alicyclic amines) is 1. The average molecular weight is 428 g/mol. The predicted octanol–water partition coefficient (Wildman–Crippen LogP) is 4.34. The van der Waals surface area contributed by atoms with Gasteiger partial charge in [-0.25, -0.2) is 0 Å². The van der Waals surface area contributed by atoms with Gasteiger partial charge in [-0.3, -0.25) is 9.69 Å². The summed E-state index contributed by atoms with van der Waals surface area (Å²) in [6, 6.07) is 12.0. The maximum atomic E-state index is 11.4. The molecule has 3 aliphatic rings. The molecule has 1 spiro atoms. The first-order valence-corrected chi connectivity index (χ1v) is 11.0. The van der Waals surface area contributed by atoms with E-state index in [2.05, 4.69) is 24.0 Å². The molecule has 2 heterocycles. The van der Waals surface area contributed by atoms with Gasteiger partial charge in [-0.1, -0.05) is 36.7 Å². The SMILES string of the molecule is CCc1cccc(Cl)c1COc1ccc2c(c1)OC1(C2)CN(CC2(C(=O)O)CC2)C1. The van der Waals surface area contributed by atoms with E-state index >= 15 is 0 Å². The molecule has 30 heavy (non-hydrogen) atoms. The lowest BCUT2D eigenvalue weighted by Gasteiger charge is -2.47. The van der Waals surface area contributed by atoms with Crippen LogP contribution in [0, 0.1) is 5.41 Å². The number of aliphatic carboxylic acids is 1. The molecule has 2 aromatic carbocycles. The minimum absolute atomic E-state index is 0.215. The Morgan fingerprint density at radius 1 is 1.27 bits per heavy atom. The number of benzene rings is 2. The third-order valence-corrected chi connectivity index (χ3v) is 7.07. The first kappa shape index (κ1) is 19.7. The van der Waals surface area contributed by atoms with Crippen LogP contribution in [0.15, 0.2) is 36.4 Å². The molecule has 1 saturated carbocycles. The van der Waals surface area contributed by atoms with Crippen LogP contribution < -0.4 is 9.47 Å². The van der Waals surface area contributed by atoms with Crippen LogP contribution in [0.2, 0.25) is 5.02 Å². The van der Waals surface area contributed by atoms with Crippen molar-refractivity contribution in [3.05, 3.63) is 58.1 Å². The molecule has 1 N–H and O–H groups in total. The second kappa shape index (κ2) is 7.17. The fraction of sp³-hybridized carbons (Fsp3) is 0.458. The standard InChI is InChI=1S/C24H26ClNO4/c1-2-16-4-3-5-20(25)19(16)12-29-18-7-6-17-11-24(30-21(17)10-18)14-26(15-24)13-23(8-9-23)22(27)28/h3-7,10H,2,8-9,11-15H2,1H3,(H,27,28). The van der Waals surface area contributed by atoms with E-state index in [1.54, 1.807) is 0 Å². The zero-order valence-corrected chi connectivity index (χ0v) is 17.9. The molecule has 1 aliphatic carbocycles. The topological polar surface area (TPSA) is 59.0 Å². The maximum absolute atomic E-state index is 11.4. The number of carboxylic acid groups (broad SMARTS) is 1. The molecule has 2 fully saturated rings. The number of carboxylic acids is 1. The summed E-state index contributed by atoms with van der Waals surface area (Å²) < 4.78 is 12.4. The van der Waals surface area contributed by atoms with E-state index in [1.165, 1.54) is 11.1 Å². The Morgan fingerprint density at radius 2 is 2.07 bits per heavy atom. The Kier molecular flexibility index (Phi) is 4.71. The van der Waals surface area contributed by atoms with Crippen LogP contribution >= 0.6 is 11.6 Å². The molecule has 1 saturated heterocycles. The third-order valence-electron chi connectivity index (χ3n) is 6.71. The largest absolute Gasteiger partial charge is 0.489 e. The summed E-state index contributed by atoms with van der Waals surface area (Å²) in [7, 11) is 0. The summed E-state index contributed by atoms with van der Waals surface area (Å²) in [6.45, 7) is 4.74.